The van der Waals surface area contributed by atoms with E-state index in [4.69, 9.17) is 7.00 Å². The fraction of sp³-hybridized carbons (Fsp3) is 0.889. The molecule has 70 valence electrons. The monoisotopic (exact) mass is 176 g/mol. The molecule has 0 radical (unpaired) electrons. The van der Waals surface area contributed by atoms with Crippen LogP contribution in [-0.4, -0.2) is 17.6 Å². The molecule has 1 aliphatic carbocycles. The SMILES string of the molecule is [2H]OC(=O)C([2H])([2H])C1(CN([2H])[2H])CCCCC1. The van der Waals surface area contributed by atoms with Gasteiger partial charge in [-0.25, -0.2) is 0 Å². The zero-order valence-electron chi connectivity index (χ0n) is 12.0. The van der Waals surface area contributed by atoms with Crippen molar-refractivity contribution in [2.45, 2.75) is 38.5 Å². The maximum atomic E-state index is 11.4. The van der Waals surface area contributed by atoms with Crippen LogP contribution >= 0.6 is 0 Å². The first kappa shape index (κ1) is 4.61. The Morgan fingerprint density at radius 3 is 3.00 bits per heavy atom. The third kappa shape index (κ3) is 2.21. The standard InChI is InChI=1S/C9H17NO2/c10-7-9(6-8(11)12)4-2-1-3-5-9/h1-7,10H2,(H,11,12)/i6D2/hD3. The summed E-state index contributed by atoms with van der Waals surface area (Å²) in [4.78, 5) is 11.4. The highest BCUT2D eigenvalue weighted by Gasteiger charge is 2.32. The first-order valence-electron chi connectivity index (χ1n) is 6.59. The second kappa shape index (κ2) is 3.90. The van der Waals surface area contributed by atoms with Gasteiger partial charge in [0.25, 0.3) is 1.43 Å². The zero-order chi connectivity index (χ0) is 13.1. The van der Waals surface area contributed by atoms with Gasteiger partial charge in [0.1, 0.15) is 2.82 Å². The van der Waals surface area contributed by atoms with Crippen molar-refractivity contribution in [3.63, 3.8) is 0 Å². The fourth-order valence-corrected chi connectivity index (χ4v) is 1.77. The van der Waals surface area contributed by atoms with E-state index in [-0.39, 0.29) is 6.54 Å². The van der Waals surface area contributed by atoms with Gasteiger partial charge in [-0.3, -0.25) is 4.79 Å². The van der Waals surface area contributed by atoms with E-state index in [9.17, 15) is 4.79 Å². The number of carboxylic acid groups (broad SMARTS) is 1. The van der Waals surface area contributed by atoms with Gasteiger partial charge in [0, 0.05) is 2.74 Å². The molecule has 0 saturated heterocycles. The Balaban J connectivity index is 2.99. The molecule has 1 aliphatic rings. The summed E-state index contributed by atoms with van der Waals surface area (Å²) < 4.78 is 36.6. The minimum atomic E-state index is -2.32. The molecule has 0 aromatic heterocycles. The Morgan fingerprint density at radius 1 is 1.67 bits per heavy atom. The van der Waals surface area contributed by atoms with E-state index in [2.05, 4.69) is 5.11 Å². The van der Waals surface area contributed by atoms with Gasteiger partial charge in [-0.1, -0.05) is 19.3 Å². The normalized spacial score (nSPS) is 29.2. The van der Waals surface area contributed by atoms with Crippen molar-refractivity contribution in [2.75, 3.05) is 6.54 Å². The quantitative estimate of drug-likeness (QED) is 0.680. The summed E-state index contributed by atoms with van der Waals surface area (Å²) in [6.07, 6.45) is 1.03. The maximum Gasteiger partial charge on any atom is 0.303 e. The minimum Gasteiger partial charge on any atom is -0.481 e. The molecule has 1 fully saturated rings. The molecule has 0 bridgehead atoms. The Kier molecular flexibility index (Phi) is 1.50. The topological polar surface area (TPSA) is 63.3 Å². The summed E-state index contributed by atoms with van der Waals surface area (Å²) >= 11 is 0. The van der Waals surface area contributed by atoms with Gasteiger partial charge in [0.15, 0.2) is 0 Å². The summed E-state index contributed by atoms with van der Waals surface area (Å²) in [5.74, 6) is -1.23. The number of hydrogen-bond acceptors (Lipinski definition) is 3. The number of rotatable bonds is 4. The lowest BCUT2D eigenvalue weighted by molar-refractivity contribution is -0.140. The first-order chi connectivity index (χ1) is 7.85. The maximum absolute atomic E-state index is 11.4. The Morgan fingerprint density at radius 2 is 2.42 bits per heavy atom. The average Bonchev–Trinajstić information content (AvgIpc) is 2.28. The third-order valence-electron chi connectivity index (χ3n) is 2.48. The van der Waals surface area contributed by atoms with Crippen LogP contribution in [-0.2, 0) is 4.79 Å². The molecule has 0 aliphatic heterocycles. The van der Waals surface area contributed by atoms with Crippen LogP contribution < -0.4 is 5.72 Å². The minimum absolute atomic E-state index is 0.158. The van der Waals surface area contributed by atoms with Crippen molar-refractivity contribution < 1.29 is 15.5 Å². The highest BCUT2D eigenvalue weighted by molar-refractivity contribution is 5.67. The van der Waals surface area contributed by atoms with E-state index >= 15 is 0 Å². The van der Waals surface area contributed by atoms with E-state index in [1.807, 2.05) is 0 Å². The molecule has 0 spiro atoms. The average molecular weight is 176 g/mol. The van der Waals surface area contributed by atoms with Crippen LogP contribution in [0.5, 0.6) is 0 Å². The smallest absolute Gasteiger partial charge is 0.303 e. The van der Waals surface area contributed by atoms with Gasteiger partial charge in [-0.05, 0) is 24.8 Å². The van der Waals surface area contributed by atoms with E-state index in [1.54, 1.807) is 0 Å². The lowest BCUT2D eigenvalue weighted by Gasteiger charge is -2.34. The lowest BCUT2D eigenvalue weighted by atomic mass is 9.72. The van der Waals surface area contributed by atoms with Gasteiger partial charge in [-0.2, -0.15) is 0 Å². The Labute approximate surface area is 80.2 Å². The highest BCUT2D eigenvalue weighted by atomic mass is 16.4. The largest absolute Gasteiger partial charge is 0.481 e. The van der Waals surface area contributed by atoms with Crippen molar-refractivity contribution in [2.24, 2.45) is 11.1 Å². The molecule has 0 aromatic carbocycles. The van der Waals surface area contributed by atoms with E-state index in [1.165, 1.54) is 0 Å². The molecule has 0 heterocycles. The predicted octanol–water partition coefficient (Wildman–Crippen LogP) is 1.37. The summed E-state index contributed by atoms with van der Waals surface area (Å²) in [5, 5.41) is 3.77. The molecule has 1 saturated carbocycles. The van der Waals surface area contributed by atoms with Gasteiger partial charge < -0.3 is 10.8 Å². The summed E-state index contributed by atoms with van der Waals surface area (Å²) in [5.41, 5.74) is -0.687. The van der Waals surface area contributed by atoms with Crippen LogP contribution in [0.2, 0.25) is 2.82 Å². The van der Waals surface area contributed by atoms with Crippen molar-refractivity contribution >= 4 is 5.97 Å². The van der Waals surface area contributed by atoms with Crippen LogP contribution in [0.1, 0.15) is 41.2 Å². The van der Waals surface area contributed by atoms with Crippen molar-refractivity contribution in [1.82, 2.24) is 0 Å². The lowest BCUT2D eigenvalue weighted by Crippen LogP contribution is -2.34. The van der Waals surface area contributed by atoms with Gasteiger partial charge in [0.2, 0.25) is 0 Å². The molecule has 0 amide bonds. The van der Waals surface area contributed by atoms with Crippen molar-refractivity contribution in [3.8, 4) is 0 Å². The Hall–Kier alpha value is -0.570. The number of hydrogen-bond donors (Lipinski definition) is 2. The summed E-state index contributed by atoms with van der Waals surface area (Å²) in [6.45, 7) is -0.158. The fourth-order valence-electron chi connectivity index (χ4n) is 1.77. The molecular weight excluding hydrogens is 154 g/mol. The van der Waals surface area contributed by atoms with E-state index in [0.717, 1.165) is 19.3 Å². The number of nitrogens with two attached hydrogens (primary N) is 1. The molecule has 0 aromatic rings. The number of aliphatic carboxylic acids is 1. The number of carboxylic acids is 1. The first-order valence-corrected chi connectivity index (χ1v) is 4.29. The molecule has 3 heteroatoms. The number of carbonyl (C=O) groups is 1. The van der Waals surface area contributed by atoms with Crippen LogP contribution in [0.25, 0.3) is 1.43 Å². The molecule has 3 N–H and O–H groups in total. The van der Waals surface area contributed by atoms with Crippen molar-refractivity contribution in [1.29, 1.82) is 1.43 Å². The van der Waals surface area contributed by atoms with Crippen LogP contribution in [0.15, 0.2) is 0 Å². The molecule has 0 atom stereocenters. The van der Waals surface area contributed by atoms with Crippen LogP contribution in [0.3, 0.4) is 0 Å². The third-order valence-corrected chi connectivity index (χ3v) is 2.48. The molecule has 12 heavy (non-hydrogen) atoms. The van der Waals surface area contributed by atoms with Gasteiger partial charge >= 0.3 is 5.97 Å². The molecular formula is C9H17NO2. The highest BCUT2D eigenvalue weighted by Crippen LogP contribution is 2.38. The van der Waals surface area contributed by atoms with Crippen LogP contribution in [0.4, 0.5) is 0 Å². The van der Waals surface area contributed by atoms with E-state index < -0.39 is 17.8 Å². The molecule has 3 nitrogen and oxygen atoms in total. The van der Waals surface area contributed by atoms with Crippen molar-refractivity contribution in [3.05, 3.63) is 0 Å². The predicted molar refractivity (Wildman–Crippen MR) is 46.8 cm³/mol. The second-order valence-electron chi connectivity index (χ2n) is 3.41. The second-order valence-corrected chi connectivity index (χ2v) is 3.41. The van der Waals surface area contributed by atoms with Gasteiger partial charge in [-0.15, -0.1) is 0 Å². The van der Waals surface area contributed by atoms with Crippen LogP contribution in [0, 0.1) is 5.41 Å². The summed E-state index contributed by atoms with van der Waals surface area (Å²) in [7, 11) is 0. The van der Waals surface area contributed by atoms with Gasteiger partial charge in [0.05, 0.1) is 6.37 Å². The summed E-state index contributed by atoms with van der Waals surface area (Å²) in [6, 6.07) is 0. The molecule has 1 rings (SSSR count). The Bertz CT molecular complexity index is 279. The van der Waals surface area contributed by atoms with E-state index in [0.29, 0.717) is 18.6 Å². The molecule has 0 unspecified atom stereocenters. The zero-order valence-corrected chi connectivity index (χ0v) is 7.01.